The maximum Gasteiger partial charge on any atom is 0.220 e. The van der Waals surface area contributed by atoms with E-state index in [1.165, 1.54) is 10.6 Å². The third-order valence-electron chi connectivity index (χ3n) is 4.22. The first-order valence-electron chi connectivity index (χ1n) is 8.68. The van der Waals surface area contributed by atoms with E-state index in [1.54, 1.807) is 0 Å². The van der Waals surface area contributed by atoms with Crippen molar-refractivity contribution in [2.24, 2.45) is 0 Å². The standard InChI is InChI=1S/C18H27N3O3S/c1-3-4-9-18(22)19-11-13-21(25(2,23)24)12-10-15-14-20-17-8-6-5-7-16(15)17/h5-8,14,20H,3-4,9-13H2,1-2H3,(H,19,22). The molecule has 0 fully saturated rings. The fourth-order valence-corrected chi connectivity index (χ4v) is 3.62. The van der Waals surface area contributed by atoms with Crippen LogP contribution in [0.1, 0.15) is 31.7 Å². The van der Waals surface area contributed by atoms with Crippen LogP contribution in [0.4, 0.5) is 0 Å². The molecule has 0 aliphatic heterocycles. The molecule has 0 bridgehead atoms. The Kier molecular flexibility index (Phi) is 7.01. The van der Waals surface area contributed by atoms with Crippen LogP contribution in [0.25, 0.3) is 10.9 Å². The molecule has 138 valence electrons. The van der Waals surface area contributed by atoms with Crippen molar-refractivity contribution in [3.8, 4) is 0 Å². The van der Waals surface area contributed by atoms with Crippen molar-refractivity contribution in [2.45, 2.75) is 32.6 Å². The summed E-state index contributed by atoms with van der Waals surface area (Å²) in [5.74, 6) is -0.0214. The first kappa shape index (κ1) is 19.5. The van der Waals surface area contributed by atoms with Gasteiger partial charge in [-0.05, 0) is 24.5 Å². The first-order chi connectivity index (χ1) is 11.9. The zero-order valence-corrected chi connectivity index (χ0v) is 15.7. The molecule has 1 amide bonds. The monoisotopic (exact) mass is 365 g/mol. The minimum absolute atomic E-state index is 0.0214. The van der Waals surface area contributed by atoms with Gasteiger partial charge in [0.05, 0.1) is 6.26 Å². The van der Waals surface area contributed by atoms with Gasteiger partial charge in [0.25, 0.3) is 0 Å². The number of aromatic nitrogens is 1. The van der Waals surface area contributed by atoms with Gasteiger partial charge in [-0.25, -0.2) is 12.7 Å². The molecule has 25 heavy (non-hydrogen) atoms. The number of unbranched alkanes of at least 4 members (excludes halogenated alkanes) is 1. The number of aromatic amines is 1. The third kappa shape index (κ3) is 5.86. The third-order valence-corrected chi connectivity index (χ3v) is 5.52. The van der Waals surface area contributed by atoms with Crippen molar-refractivity contribution in [3.63, 3.8) is 0 Å². The number of nitrogens with one attached hydrogen (secondary N) is 2. The van der Waals surface area contributed by atoms with E-state index in [2.05, 4.69) is 10.3 Å². The molecule has 0 radical (unpaired) electrons. The minimum Gasteiger partial charge on any atom is -0.361 e. The van der Waals surface area contributed by atoms with E-state index in [4.69, 9.17) is 0 Å². The average molecular weight is 365 g/mol. The molecule has 7 heteroatoms. The number of H-pyrrole nitrogens is 1. The van der Waals surface area contributed by atoms with Gasteiger partial charge in [0.2, 0.25) is 15.9 Å². The normalized spacial score (nSPS) is 12.0. The second-order valence-corrected chi connectivity index (χ2v) is 8.21. The van der Waals surface area contributed by atoms with Gasteiger partial charge in [0, 0.05) is 43.2 Å². The summed E-state index contributed by atoms with van der Waals surface area (Å²) >= 11 is 0. The molecule has 0 saturated carbocycles. The lowest BCUT2D eigenvalue weighted by atomic mass is 10.1. The van der Waals surface area contributed by atoms with Crippen molar-refractivity contribution in [3.05, 3.63) is 36.0 Å². The summed E-state index contributed by atoms with van der Waals surface area (Å²) < 4.78 is 25.4. The van der Waals surface area contributed by atoms with E-state index in [9.17, 15) is 13.2 Å². The van der Waals surface area contributed by atoms with Gasteiger partial charge in [0.1, 0.15) is 0 Å². The first-order valence-corrected chi connectivity index (χ1v) is 10.5. The van der Waals surface area contributed by atoms with Crippen LogP contribution in [0.3, 0.4) is 0 Å². The molecular weight excluding hydrogens is 338 g/mol. The Hall–Kier alpha value is -1.86. The Labute approximate surface area is 149 Å². The Balaban J connectivity index is 1.91. The fourth-order valence-electron chi connectivity index (χ4n) is 2.77. The smallest absolute Gasteiger partial charge is 0.220 e. The number of fused-ring (bicyclic) bond motifs is 1. The zero-order valence-electron chi connectivity index (χ0n) is 14.9. The second-order valence-electron chi connectivity index (χ2n) is 6.23. The minimum atomic E-state index is -3.31. The van der Waals surface area contributed by atoms with Gasteiger partial charge in [-0.1, -0.05) is 31.5 Å². The highest BCUT2D eigenvalue weighted by Crippen LogP contribution is 2.18. The van der Waals surface area contributed by atoms with Crippen molar-refractivity contribution in [2.75, 3.05) is 25.9 Å². The Morgan fingerprint density at radius 1 is 1.24 bits per heavy atom. The molecule has 2 N–H and O–H groups in total. The molecule has 1 aromatic heterocycles. The molecule has 1 heterocycles. The summed E-state index contributed by atoms with van der Waals surface area (Å²) in [4.78, 5) is 14.8. The highest BCUT2D eigenvalue weighted by Gasteiger charge is 2.17. The van der Waals surface area contributed by atoms with Gasteiger partial charge in [0.15, 0.2) is 0 Å². The van der Waals surface area contributed by atoms with Gasteiger partial charge in [-0.2, -0.15) is 0 Å². The summed E-state index contributed by atoms with van der Waals surface area (Å²) in [6.45, 7) is 3.05. The fraction of sp³-hybridized carbons (Fsp3) is 0.500. The lowest BCUT2D eigenvalue weighted by Gasteiger charge is -2.20. The number of carbonyl (C=O) groups excluding carboxylic acids is 1. The highest BCUT2D eigenvalue weighted by molar-refractivity contribution is 7.88. The molecule has 6 nitrogen and oxygen atoms in total. The van der Waals surface area contributed by atoms with Crippen LogP contribution in [-0.2, 0) is 21.2 Å². The number of carbonyl (C=O) groups is 1. The van der Waals surface area contributed by atoms with E-state index >= 15 is 0 Å². The lowest BCUT2D eigenvalue weighted by Crippen LogP contribution is -2.39. The summed E-state index contributed by atoms with van der Waals surface area (Å²) in [6.07, 6.45) is 6.07. The average Bonchev–Trinajstić information content (AvgIpc) is 2.98. The van der Waals surface area contributed by atoms with Crippen molar-refractivity contribution < 1.29 is 13.2 Å². The van der Waals surface area contributed by atoms with Gasteiger partial charge < -0.3 is 10.3 Å². The Bertz CT molecular complexity index is 799. The second kappa shape index (κ2) is 9.01. The molecule has 1 aromatic carbocycles. The molecule has 0 unspecified atom stereocenters. The predicted molar refractivity (Wildman–Crippen MR) is 101 cm³/mol. The molecule has 0 saturated heterocycles. The van der Waals surface area contributed by atoms with E-state index < -0.39 is 10.0 Å². The zero-order chi connectivity index (χ0) is 18.3. The van der Waals surface area contributed by atoms with Crippen molar-refractivity contribution >= 4 is 26.8 Å². The van der Waals surface area contributed by atoms with Gasteiger partial charge >= 0.3 is 0 Å². The largest absolute Gasteiger partial charge is 0.361 e. The summed E-state index contributed by atoms with van der Waals surface area (Å²) in [5, 5.41) is 3.91. The Morgan fingerprint density at radius 2 is 2.00 bits per heavy atom. The van der Waals surface area contributed by atoms with Gasteiger partial charge in [-0.3, -0.25) is 4.79 Å². The summed E-state index contributed by atoms with van der Waals surface area (Å²) in [7, 11) is -3.31. The van der Waals surface area contributed by atoms with Crippen LogP contribution < -0.4 is 5.32 Å². The summed E-state index contributed by atoms with van der Waals surface area (Å²) in [6, 6.07) is 7.96. The predicted octanol–water partition coefficient (Wildman–Crippen LogP) is 2.28. The van der Waals surface area contributed by atoms with Crippen LogP contribution >= 0.6 is 0 Å². The lowest BCUT2D eigenvalue weighted by molar-refractivity contribution is -0.121. The molecule has 0 aliphatic carbocycles. The topological polar surface area (TPSA) is 82.3 Å². The Morgan fingerprint density at radius 3 is 2.72 bits per heavy atom. The van der Waals surface area contributed by atoms with E-state index in [-0.39, 0.29) is 5.91 Å². The number of nitrogens with zero attached hydrogens (tertiary/aromatic N) is 1. The van der Waals surface area contributed by atoms with Crippen molar-refractivity contribution in [1.29, 1.82) is 0 Å². The molecule has 2 aromatic rings. The maximum absolute atomic E-state index is 12.0. The van der Waals surface area contributed by atoms with Crippen molar-refractivity contribution in [1.82, 2.24) is 14.6 Å². The SMILES string of the molecule is CCCCC(=O)NCCN(CCc1c[nH]c2ccccc12)S(C)(=O)=O. The number of benzene rings is 1. The number of amides is 1. The van der Waals surface area contributed by atoms with E-state index in [1.807, 2.05) is 37.4 Å². The van der Waals surface area contributed by atoms with Crippen LogP contribution in [0, 0.1) is 0 Å². The van der Waals surface area contributed by atoms with Crippen LogP contribution in [0.15, 0.2) is 30.5 Å². The molecule has 0 spiro atoms. The molecule has 0 atom stereocenters. The molecular formula is C18H27N3O3S. The van der Waals surface area contributed by atoms with E-state index in [0.717, 1.165) is 29.3 Å². The summed E-state index contributed by atoms with van der Waals surface area (Å²) in [5.41, 5.74) is 2.14. The number of sulfonamides is 1. The molecule has 2 rings (SSSR count). The van der Waals surface area contributed by atoms with Crippen LogP contribution in [-0.4, -0.2) is 49.5 Å². The van der Waals surface area contributed by atoms with Crippen LogP contribution in [0.2, 0.25) is 0 Å². The quantitative estimate of drug-likeness (QED) is 0.678. The van der Waals surface area contributed by atoms with Gasteiger partial charge in [-0.15, -0.1) is 0 Å². The maximum atomic E-state index is 12.0. The highest BCUT2D eigenvalue weighted by atomic mass is 32.2. The number of hydrogen-bond acceptors (Lipinski definition) is 3. The number of hydrogen-bond donors (Lipinski definition) is 2. The number of rotatable bonds is 10. The number of para-hydroxylation sites is 1. The molecule has 0 aliphatic rings. The van der Waals surface area contributed by atoms with E-state index in [0.29, 0.717) is 32.5 Å². The van der Waals surface area contributed by atoms with Crippen LogP contribution in [0.5, 0.6) is 0 Å².